The van der Waals surface area contributed by atoms with E-state index in [1.165, 1.54) is 17.4 Å². The molecule has 2 amide bonds. The van der Waals surface area contributed by atoms with Gasteiger partial charge in [0.05, 0.1) is 25.7 Å². The summed E-state index contributed by atoms with van der Waals surface area (Å²) < 4.78 is 21.9. The number of nitrogens with one attached hydrogen (secondary N) is 1. The van der Waals surface area contributed by atoms with Crippen LogP contribution in [0.25, 0.3) is 10.9 Å². The Morgan fingerprint density at radius 1 is 1.15 bits per heavy atom. The third-order valence-corrected chi connectivity index (χ3v) is 7.35. The lowest BCUT2D eigenvalue weighted by molar-refractivity contribution is -0.134. The van der Waals surface area contributed by atoms with E-state index in [-0.39, 0.29) is 36.8 Å². The van der Waals surface area contributed by atoms with Gasteiger partial charge < -0.3 is 19.5 Å². The average molecular weight is 464 g/mol. The lowest BCUT2D eigenvalue weighted by atomic mass is 9.91. The zero-order valence-electron chi connectivity index (χ0n) is 19.6. The molecule has 1 N–H and O–H groups in total. The summed E-state index contributed by atoms with van der Waals surface area (Å²) in [7, 11) is 1.60. The molecule has 7 heteroatoms. The molecule has 5 rings (SSSR count). The Morgan fingerprint density at radius 3 is 2.65 bits per heavy atom. The molecule has 0 radical (unpaired) electrons. The van der Waals surface area contributed by atoms with Gasteiger partial charge >= 0.3 is 0 Å². The Hall–Kier alpha value is -3.35. The predicted molar refractivity (Wildman–Crippen MR) is 128 cm³/mol. The summed E-state index contributed by atoms with van der Waals surface area (Å²) in [6.45, 7) is 2.08. The number of carbonyl (C=O) groups excluding carboxylic acids is 2. The third kappa shape index (κ3) is 3.83. The fourth-order valence-electron chi connectivity index (χ4n) is 5.29. The number of aromatic nitrogens is 1. The third-order valence-electron chi connectivity index (χ3n) is 7.35. The molecule has 0 unspecified atom stereocenters. The van der Waals surface area contributed by atoms with Crippen LogP contribution in [0.5, 0.6) is 5.75 Å². The Kier molecular flexibility index (Phi) is 5.80. The van der Waals surface area contributed by atoms with Crippen molar-refractivity contribution in [3.63, 3.8) is 0 Å². The van der Waals surface area contributed by atoms with Gasteiger partial charge in [0.15, 0.2) is 0 Å². The van der Waals surface area contributed by atoms with Crippen molar-refractivity contribution in [1.29, 1.82) is 0 Å². The van der Waals surface area contributed by atoms with Gasteiger partial charge in [0.2, 0.25) is 5.91 Å². The van der Waals surface area contributed by atoms with Gasteiger partial charge in [-0.25, -0.2) is 4.39 Å². The Labute approximate surface area is 198 Å². The van der Waals surface area contributed by atoms with Crippen molar-refractivity contribution in [2.45, 2.75) is 63.7 Å². The lowest BCUT2D eigenvalue weighted by Gasteiger charge is -2.45. The standard InChI is InChI=1S/C27H30FN3O3/c1-27(26(33)29-20-9-4-3-5-10-20)17-30-23-15-21(34-2)13-12-18(23)14-24(30)25(32)31(27)16-19-8-6-7-11-22(19)28/h6-8,11-15,20H,3-5,9-10,16-17H2,1-2H3,(H,29,33)/t27-/m1/s1. The van der Waals surface area contributed by atoms with E-state index >= 15 is 0 Å². The molecule has 1 aliphatic carbocycles. The second kappa shape index (κ2) is 8.78. The molecule has 0 saturated heterocycles. The van der Waals surface area contributed by atoms with E-state index < -0.39 is 5.54 Å². The largest absolute Gasteiger partial charge is 0.497 e. The summed E-state index contributed by atoms with van der Waals surface area (Å²) in [5.41, 5.74) is 0.532. The predicted octanol–water partition coefficient (Wildman–Crippen LogP) is 4.65. The monoisotopic (exact) mass is 463 g/mol. The van der Waals surface area contributed by atoms with E-state index in [9.17, 15) is 14.0 Å². The molecule has 1 saturated carbocycles. The Morgan fingerprint density at radius 2 is 1.91 bits per heavy atom. The first kappa shape index (κ1) is 22.4. The van der Waals surface area contributed by atoms with Gasteiger partial charge in [-0.05, 0) is 44.0 Å². The highest BCUT2D eigenvalue weighted by Gasteiger charge is 2.48. The average Bonchev–Trinajstić information content (AvgIpc) is 3.21. The first-order chi connectivity index (χ1) is 16.4. The van der Waals surface area contributed by atoms with Crippen LogP contribution in [0.3, 0.4) is 0 Å². The van der Waals surface area contributed by atoms with E-state index in [2.05, 4.69) is 5.32 Å². The minimum atomic E-state index is -1.18. The van der Waals surface area contributed by atoms with Crippen molar-refractivity contribution in [3.8, 4) is 5.75 Å². The lowest BCUT2D eigenvalue weighted by Crippen LogP contribution is -2.64. The van der Waals surface area contributed by atoms with Crippen molar-refractivity contribution in [2.75, 3.05) is 7.11 Å². The number of carbonyl (C=O) groups is 2. The van der Waals surface area contributed by atoms with Crippen LogP contribution in [0.1, 0.15) is 55.1 Å². The molecule has 0 spiro atoms. The number of fused-ring (bicyclic) bond motifs is 3. The van der Waals surface area contributed by atoms with Crippen LogP contribution in [0.2, 0.25) is 0 Å². The molecule has 2 heterocycles. The van der Waals surface area contributed by atoms with Crippen LogP contribution in [-0.2, 0) is 17.9 Å². The summed E-state index contributed by atoms with van der Waals surface area (Å²) in [6.07, 6.45) is 5.25. The molecule has 2 aliphatic rings. The highest BCUT2D eigenvalue weighted by Crippen LogP contribution is 2.35. The maximum absolute atomic E-state index is 14.6. The van der Waals surface area contributed by atoms with Crippen LogP contribution >= 0.6 is 0 Å². The number of nitrogens with zero attached hydrogens (tertiary/aromatic N) is 2. The van der Waals surface area contributed by atoms with Crippen LogP contribution in [-0.4, -0.2) is 40.0 Å². The van der Waals surface area contributed by atoms with Crippen LogP contribution < -0.4 is 10.1 Å². The molecule has 6 nitrogen and oxygen atoms in total. The number of benzene rings is 2. The van der Waals surface area contributed by atoms with Gasteiger partial charge in [0.1, 0.15) is 22.8 Å². The summed E-state index contributed by atoms with van der Waals surface area (Å²) in [6, 6.07) is 14.0. The smallest absolute Gasteiger partial charge is 0.271 e. The van der Waals surface area contributed by atoms with E-state index in [1.54, 1.807) is 32.2 Å². The van der Waals surface area contributed by atoms with E-state index in [0.717, 1.165) is 36.6 Å². The van der Waals surface area contributed by atoms with E-state index in [1.807, 2.05) is 28.8 Å². The number of methoxy groups -OCH3 is 1. The summed E-state index contributed by atoms with van der Waals surface area (Å²) in [5, 5.41) is 4.10. The molecule has 3 aromatic rings. The first-order valence-corrected chi connectivity index (χ1v) is 11.9. The fourth-order valence-corrected chi connectivity index (χ4v) is 5.29. The topological polar surface area (TPSA) is 63.6 Å². The number of halogens is 1. The van der Waals surface area contributed by atoms with Gasteiger partial charge in [0, 0.05) is 23.1 Å². The van der Waals surface area contributed by atoms with Crippen molar-refractivity contribution >= 4 is 22.7 Å². The van der Waals surface area contributed by atoms with Gasteiger partial charge in [0.25, 0.3) is 5.91 Å². The Balaban J connectivity index is 1.58. The number of amides is 2. The van der Waals surface area contributed by atoms with Crippen molar-refractivity contribution in [1.82, 2.24) is 14.8 Å². The molecular formula is C27H30FN3O3. The van der Waals surface area contributed by atoms with Gasteiger partial charge in [-0.3, -0.25) is 9.59 Å². The van der Waals surface area contributed by atoms with E-state index in [0.29, 0.717) is 17.0 Å². The first-order valence-electron chi connectivity index (χ1n) is 11.9. The van der Waals surface area contributed by atoms with E-state index in [4.69, 9.17) is 4.74 Å². The van der Waals surface area contributed by atoms with Gasteiger partial charge in [-0.15, -0.1) is 0 Å². The minimum Gasteiger partial charge on any atom is -0.497 e. The molecule has 178 valence electrons. The molecule has 1 fully saturated rings. The number of ether oxygens (including phenoxy) is 1. The maximum Gasteiger partial charge on any atom is 0.271 e. The maximum atomic E-state index is 14.6. The quantitative estimate of drug-likeness (QED) is 0.599. The van der Waals surface area contributed by atoms with Gasteiger partial charge in [-0.2, -0.15) is 0 Å². The van der Waals surface area contributed by atoms with Crippen molar-refractivity contribution in [3.05, 3.63) is 65.6 Å². The summed E-state index contributed by atoms with van der Waals surface area (Å²) >= 11 is 0. The molecule has 34 heavy (non-hydrogen) atoms. The molecule has 2 aromatic carbocycles. The molecule has 0 bridgehead atoms. The molecule has 1 aromatic heterocycles. The highest BCUT2D eigenvalue weighted by molar-refractivity contribution is 6.03. The molecular weight excluding hydrogens is 433 g/mol. The summed E-state index contributed by atoms with van der Waals surface area (Å²) in [5.74, 6) is -0.186. The second-order valence-electron chi connectivity index (χ2n) is 9.61. The second-order valence-corrected chi connectivity index (χ2v) is 9.61. The summed E-state index contributed by atoms with van der Waals surface area (Å²) in [4.78, 5) is 29.2. The fraction of sp³-hybridized carbons (Fsp3) is 0.407. The molecule has 1 aliphatic heterocycles. The van der Waals surface area contributed by atoms with Crippen molar-refractivity contribution in [2.24, 2.45) is 0 Å². The normalized spacial score (nSPS) is 20.9. The number of hydrogen-bond donors (Lipinski definition) is 1. The zero-order chi connectivity index (χ0) is 23.9. The van der Waals surface area contributed by atoms with Gasteiger partial charge in [-0.1, -0.05) is 37.5 Å². The number of hydrogen-bond acceptors (Lipinski definition) is 3. The van der Waals surface area contributed by atoms with Crippen LogP contribution in [0.15, 0.2) is 48.5 Å². The van der Waals surface area contributed by atoms with Crippen molar-refractivity contribution < 1.29 is 18.7 Å². The van der Waals surface area contributed by atoms with Crippen LogP contribution in [0.4, 0.5) is 4.39 Å². The van der Waals surface area contributed by atoms with Crippen LogP contribution in [0, 0.1) is 5.82 Å². The SMILES string of the molecule is COc1ccc2cc3n(c2c1)C[C@](C)(C(=O)NC1CCCCC1)N(Cc1ccccc1F)C3=O. The molecule has 1 atom stereocenters. The Bertz CT molecular complexity index is 1250. The highest BCUT2D eigenvalue weighted by atomic mass is 19.1. The minimum absolute atomic E-state index is 0.0188. The zero-order valence-corrected chi connectivity index (χ0v) is 19.6. The number of rotatable bonds is 5.